The van der Waals surface area contributed by atoms with Crippen molar-refractivity contribution in [1.82, 2.24) is 24.8 Å². The van der Waals surface area contributed by atoms with Gasteiger partial charge in [0.1, 0.15) is 11.6 Å². The molecule has 7 nitrogen and oxygen atoms in total. The number of nitrogens with one attached hydrogen (secondary N) is 1. The molecule has 0 spiro atoms. The highest BCUT2D eigenvalue weighted by atomic mass is 32.1. The van der Waals surface area contributed by atoms with Crippen LogP contribution in [-0.4, -0.2) is 64.4 Å². The van der Waals surface area contributed by atoms with Crippen molar-refractivity contribution in [1.29, 1.82) is 0 Å². The van der Waals surface area contributed by atoms with Crippen LogP contribution in [0.25, 0.3) is 0 Å². The molecule has 8 heteroatoms. The number of likely N-dealkylation sites (N-methyl/N-ethyl adjacent to an activating group) is 1. The summed E-state index contributed by atoms with van der Waals surface area (Å²) in [5, 5.41) is 4.16. The van der Waals surface area contributed by atoms with E-state index in [1.165, 1.54) is 4.88 Å². The second kappa shape index (κ2) is 9.45. The lowest BCUT2D eigenvalue weighted by atomic mass is 9.94. The fourth-order valence-corrected chi connectivity index (χ4v) is 4.21. The predicted molar refractivity (Wildman–Crippen MR) is 118 cm³/mol. The predicted octanol–water partition coefficient (Wildman–Crippen LogP) is 3.43. The maximum Gasteiger partial charge on any atom is 0.246 e. The number of hydrogen-bond acceptors (Lipinski definition) is 7. The van der Waals surface area contributed by atoms with Crippen molar-refractivity contribution in [2.45, 2.75) is 39.5 Å². The number of anilines is 2. The van der Waals surface area contributed by atoms with Crippen molar-refractivity contribution in [2.24, 2.45) is 0 Å². The van der Waals surface area contributed by atoms with E-state index >= 15 is 0 Å². The van der Waals surface area contributed by atoms with Crippen LogP contribution in [0, 0.1) is 20.8 Å². The molecule has 3 rings (SSSR count). The monoisotopic (exact) mass is 414 g/mol. The van der Waals surface area contributed by atoms with Crippen LogP contribution < -0.4 is 5.32 Å². The minimum atomic E-state index is 0.0782. The molecule has 1 fully saturated rings. The molecule has 0 radical (unpaired) electrons. The van der Waals surface area contributed by atoms with Crippen molar-refractivity contribution < 1.29 is 4.79 Å². The molecular weight excluding hydrogens is 384 g/mol. The van der Waals surface area contributed by atoms with Crippen LogP contribution in [0.4, 0.5) is 10.9 Å². The zero-order chi connectivity index (χ0) is 21.0. The summed E-state index contributed by atoms with van der Waals surface area (Å²) in [4.78, 5) is 31.4. The average Bonchev–Trinajstić information content (AvgIpc) is 2.98. The van der Waals surface area contributed by atoms with Gasteiger partial charge in [-0.05, 0) is 47.7 Å². The number of likely N-dealkylation sites (tertiary alicyclic amines) is 1. The van der Waals surface area contributed by atoms with Crippen molar-refractivity contribution in [3.8, 4) is 0 Å². The summed E-state index contributed by atoms with van der Waals surface area (Å²) in [6.07, 6.45) is 5.61. The Kier molecular flexibility index (Phi) is 6.97. The van der Waals surface area contributed by atoms with Gasteiger partial charge in [0.15, 0.2) is 5.13 Å². The first-order chi connectivity index (χ1) is 13.8. The molecule has 1 aliphatic heterocycles. The quantitative estimate of drug-likeness (QED) is 0.730. The summed E-state index contributed by atoms with van der Waals surface area (Å²) in [7, 11) is 3.98. The highest BCUT2D eigenvalue weighted by molar-refractivity contribution is 7.15. The van der Waals surface area contributed by atoms with Crippen molar-refractivity contribution >= 4 is 28.2 Å². The van der Waals surface area contributed by atoms with E-state index in [0.29, 0.717) is 6.54 Å². The van der Waals surface area contributed by atoms with Crippen LogP contribution in [0.3, 0.4) is 0 Å². The first-order valence-electron chi connectivity index (χ1n) is 9.98. The summed E-state index contributed by atoms with van der Waals surface area (Å²) in [5.41, 5.74) is 2.02. The van der Waals surface area contributed by atoms with Gasteiger partial charge in [0.05, 0.1) is 11.4 Å². The smallest absolute Gasteiger partial charge is 0.246 e. The average molecular weight is 415 g/mol. The molecule has 3 heterocycles. The molecule has 2 aromatic heterocycles. The maximum atomic E-state index is 12.5. The van der Waals surface area contributed by atoms with E-state index in [-0.39, 0.29) is 11.8 Å². The second-order valence-electron chi connectivity index (χ2n) is 7.80. The van der Waals surface area contributed by atoms with E-state index in [1.807, 2.05) is 49.9 Å². The standard InChI is InChI=1S/C21H30N6OS/c1-14-15(2)29-21(22-14)25-19-12-18(23-16(3)24-19)17-8-6-11-27(13-17)20(28)9-7-10-26(4)5/h7,9,12,17H,6,8,10-11,13H2,1-5H3,(H,22,23,24,25)/b9-7+/t17-/m1/s1. The van der Waals surface area contributed by atoms with E-state index in [1.54, 1.807) is 17.4 Å². The molecule has 0 unspecified atom stereocenters. The zero-order valence-electron chi connectivity index (χ0n) is 17.9. The Morgan fingerprint density at radius 2 is 2.10 bits per heavy atom. The van der Waals surface area contributed by atoms with E-state index in [0.717, 1.165) is 54.1 Å². The fraction of sp³-hybridized carbons (Fsp3) is 0.524. The third-order valence-electron chi connectivity index (χ3n) is 5.00. The molecule has 0 aromatic carbocycles. The number of carbonyl (C=O) groups is 1. The van der Waals surface area contributed by atoms with Gasteiger partial charge in [-0.2, -0.15) is 0 Å². The van der Waals surface area contributed by atoms with Gasteiger partial charge < -0.3 is 15.1 Å². The molecule has 156 valence electrons. The number of nitrogens with zero attached hydrogens (tertiary/aromatic N) is 5. The van der Waals surface area contributed by atoms with Crippen molar-refractivity contribution in [2.75, 3.05) is 39.0 Å². The van der Waals surface area contributed by atoms with Crippen molar-refractivity contribution in [3.05, 3.63) is 40.3 Å². The third-order valence-corrected chi connectivity index (χ3v) is 5.99. The summed E-state index contributed by atoms with van der Waals surface area (Å²) in [5.74, 6) is 1.78. The second-order valence-corrected chi connectivity index (χ2v) is 9.00. The Hall–Kier alpha value is -2.32. The van der Waals surface area contributed by atoms with Gasteiger partial charge in [0, 0.05) is 42.6 Å². The number of amides is 1. The van der Waals surface area contributed by atoms with E-state index in [2.05, 4.69) is 27.2 Å². The SMILES string of the molecule is Cc1nc(Nc2nc(C)c(C)s2)cc([C@@H]2CCCN(C(=O)/C=C/CN(C)C)C2)n1. The summed E-state index contributed by atoms with van der Waals surface area (Å²) in [6, 6.07) is 2.00. The Balaban J connectivity index is 1.71. The Morgan fingerprint density at radius 1 is 1.31 bits per heavy atom. The molecule has 1 atom stereocenters. The lowest BCUT2D eigenvalue weighted by Crippen LogP contribution is -2.38. The van der Waals surface area contributed by atoms with Gasteiger partial charge in [-0.25, -0.2) is 15.0 Å². The highest BCUT2D eigenvalue weighted by Crippen LogP contribution is 2.29. The molecule has 1 N–H and O–H groups in total. The Morgan fingerprint density at radius 3 is 2.79 bits per heavy atom. The highest BCUT2D eigenvalue weighted by Gasteiger charge is 2.25. The van der Waals surface area contributed by atoms with Crippen LogP contribution in [-0.2, 0) is 4.79 Å². The molecule has 0 aliphatic carbocycles. The number of aromatic nitrogens is 3. The Bertz CT molecular complexity index is 872. The van der Waals surface area contributed by atoms with Crippen LogP contribution in [0.15, 0.2) is 18.2 Å². The summed E-state index contributed by atoms with van der Waals surface area (Å²) >= 11 is 1.62. The molecule has 1 amide bonds. The summed E-state index contributed by atoms with van der Waals surface area (Å²) in [6.45, 7) is 8.23. The van der Waals surface area contributed by atoms with E-state index < -0.39 is 0 Å². The molecule has 1 saturated heterocycles. The first kappa shape index (κ1) is 21.4. The van der Waals surface area contributed by atoms with Crippen LogP contribution in [0.5, 0.6) is 0 Å². The topological polar surface area (TPSA) is 74.2 Å². The minimum Gasteiger partial charge on any atom is -0.339 e. The van der Waals surface area contributed by atoms with E-state index in [9.17, 15) is 4.79 Å². The molecule has 2 aromatic rings. The lowest BCUT2D eigenvalue weighted by Gasteiger charge is -2.32. The molecule has 0 bridgehead atoms. The number of rotatable bonds is 6. The molecule has 1 aliphatic rings. The minimum absolute atomic E-state index is 0.0782. The number of carbonyl (C=O) groups excluding carboxylic acids is 1. The van der Waals surface area contributed by atoms with Gasteiger partial charge in [0.2, 0.25) is 5.91 Å². The number of thiazole rings is 1. The van der Waals surface area contributed by atoms with Gasteiger partial charge in [-0.3, -0.25) is 4.79 Å². The first-order valence-corrected chi connectivity index (χ1v) is 10.8. The maximum absolute atomic E-state index is 12.5. The van der Waals surface area contributed by atoms with Crippen LogP contribution in [0.2, 0.25) is 0 Å². The largest absolute Gasteiger partial charge is 0.339 e. The van der Waals surface area contributed by atoms with Gasteiger partial charge >= 0.3 is 0 Å². The Labute approximate surface area is 176 Å². The van der Waals surface area contributed by atoms with Gasteiger partial charge in [-0.1, -0.05) is 6.08 Å². The molecule has 0 saturated carbocycles. The zero-order valence-corrected chi connectivity index (χ0v) is 18.7. The number of hydrogen-bond donors (Lipinski definition) is 1. The molecule has 29 heavy (non-hydrogen) atoms. The van der Waals surface area contributed by atoms with Crippen molar-refractivity contribution in [3.63, 3.8) is 0 Å². The normalized spacial score (nSPS) is 17.3. The number of piperidine rings is 1. The lowest BCUT2D eigenvalue weighted by molar-refractivity contribution is -0.127. The third kappa shape index (κ3) is 5.83. The number of aryl methyl sites for hydroxylation is 3. The molecular formula is C21H30N6OS. The summed E-state index contributed by atoms with van der Waals surface area (Å²) < 4.78 is 0. The van der Waals surface area contributed by atoms with Crippen LogP contribution >= 0.6 is 11.3 Å². The van der Waals surface area contributed by atoms with Crippen LogP contribution in [0.1, 0.15) is 40.8 Å². The van der Waals surface area contributed by atoms with Gasteiger partial charge in [0.25, 0.3) is 0 Å². The van der Waals surface area contributed by atoms with E-state index in [4.69, 9.17) is 0 Å². The van der Waals surface area contributed by atoms with Gasteiger partial charge in [-0.15, -0.1) is 11.3 Å². The fourth-order valence-electron chi connectivity index (χ4n) is 3.39.